The number of rotatable bonds is 7. The number of hydrogen-bond acceptors (Lipinski definition) is 7. The smallest absolute Gasteiger partial charge is 0.241 e. The van der Waals surface area contributed by atoms with E-state index in [9.17, 15) is 4.79 Å². The van der Waals surface area contributed by atoms with Gasteiger partial charge in [-0.2, -0.15) is 0 Å². The highest BCUT2D eigenvalue weighted by atomic mass is 16.5. The van der Waals surface area contributed by atoms with E-state index in [2.05, 4.69) is 50.0 Å². The van der Waals surface area contributed by atoms with Gasteiger partial charge in [-0.25, -0.2) is 9.97 Å². The number of benzene rings is 1. The Morgan fingerprint density at radius 2 is 1.86 bits per heavy atom. The summed E-state index contributed by atoms with van der Waals surface area (Å²) in [7, 11) is 0. The maximum atomic E-state index is 11.8. The van der Waals surface area contributed by atoms with Gasteiger partial charge in [-0.1, -0.05) is 12.1 Å². The topological polar surface area (TPSA) is 84.8 Å². The Balaban J connectivity index is 1.13. The second kappa shape index (κ2) is 9.29. The van der Waals surface area contributed by atoms with Crippen molar-refractivity contribution >= 4 is 22.6 Å². The molecule has 3 aliphatic heterocycles. The van der Waals surface area contributed by atoms with Crippen LogP contribution >= 0.6 is 0 Å². The van der Waals surface area contributed by atoms with Crippen molar-refractivity contribution in [3.05, 3.63) is 36.7 Å². The van der Waals surface area contributed by atoms with E-state index in [1.165, 1.54) is 5.69 Å². The number of nitrogens with one attached hydrogen (secondary N) is 1. The Bertz CT molecular complexity index is 1290. The minimum absolute atomic E-state index is 0.0916. The summed E-state index contributed by atoms with van der Waals surface area (Å²) in [4.78, 5) is 26.5. The molecule has 7 rings (SSSR count). The van der Waals surface area contributed by atoms with Gasteiger partial charge in [-0.05, 0) is 38.0 Å². The molecular formula is C28H34N6O3. The molecule has 5 heterocycles. The van der Waals surface area contributed by atoms with Gasteiger partial charge in [-0.15, -0.1) is 0 Å². The first kappa shape index (κ1) is 23.0. The van der Waals surface area contributed by atoms with Crippen LogP contribution < -0.4 is 15.0 Å². The van der Waals surface area contributed by atoms with E-state index < -0.39 is 0 Å². The molecule has 9 nitrogen and oxygen atoms in total. The number of carbonyl (C=O) groups excluding carboxylic acids is 1. The zero-order valence-corrected chi connectivity index (χ0v) is 21.3. The summed E-state index contributed by atoms with van der Waals surface area (Å²) in [6.07, 6.45) is 4.61. The molecule has 2 atom stereocenters. The molecule has 1 amide bonds. The Hall–Kier alpha value is -3.17. The lowest BCUT2D eigenvalue weighted by Crippen LogP contribution is -2.56. The molecule has 0 radical (unpaired) electrons. The van der Waals surface area contributed by atoms with Gasteiger partial charge in [0, 0.05) is 62.4 Å². The first-order chi connectivity index (χ1) is 18.1. The summed E-state index contributed by atoms with van der Waals surface area (Å²) in [6, 6.07) is 11.9. The van der Waals surface area contributed by atoms with Gasteiger partial charge in [0.25, 0.3) is 0 Å². The number of aromatic nitrogens is 3. The van der Waals surface area contributed by atoms with Crippen molar-refractivity contribution in [2.45, 2.75) is 44.4 Å². The van der Waals surface area contributed by atoms with Gasteiger partial charge in [0.2, 0.25) is 11.8 Å². The second-order valence-corrected chi connectivity index (χ2v) is 10.9. The number of amides is 1. The molecule has 3 saturated heterocycles. The van der Waals surface area contributed by atoms with Gasteiger partial charge < -0.3 is 24.3 Å². The number of hydrogen-bond donors (Lipinski definition) is 1. The maximum Gasteiger partial charge on any atom is 0.241 e. The highest BCUT2D eigenvalue weighted by molar-refractivity contribution is 5.85. The first-order valence-electron chi connectivity index (χ1n) is 13.6. The number of imidazole rings is 1. The lowest BCUT2D eigenvalue weighted by atomic mass is 10.0. The second-order valence-electron chi connectivity index (χ2n) is 10.9. The van der Waals surface area contributed by atoms with Gasteiger partial charge in [0.05, 0.1) is 36.8 Å². The summed E-state index contributed by atoms with van der Waals surface area (Å²) in [5.41, 5.74) is 5.02. The third-order valence-electron chi connectivity index (χ3n) is 8.41. The average Bonchev–Trinajstić information content (AvgIpc) is 3.48. The van der Waals surface area contributed by atoms with E-state index in [-0.39, 0.29) is 17.9 Å². The fourth-order valence-electron chi connectivity index (χ4n) is 5.74. The fraction of sp³-hybridized carbons (Fsp3) is 0.536. The van der Waals surface area contributed by atoms with Crippen molar-refractivity contribution in [2.75, 3.05) is 50.8 Å². The molecule has 4 aliphatic rings. The Labute approximate surface area is 216 Å². The molecule has 0 spiro atoms. The molecule has 1 aromatic carbocycles. The van der Waals surface area contributed by atoms with Crippen molar-refractivity contribution in [2.24, 2.45) is 5.92 Å². The summed E-state index contributed by atoms with van der Waals surface area (Å²) >= 11 is 0. The Kier molecular flexibility index (Phi) is 5.77. The van der Waals surface area contributed by atoms with Crippen LogP contribution in [0.1, 0.15) is 32.2 Å². The van der Waals surface area contributed by atoms with E-state index in [4.69, 9.17) is 19.4 Å². The monoisotopic (exact) mass is 502 g/mol. The average molecular weight is 503 g/mol. The van der Waals surface area contributed by atoms with Crippen molar-refractivity contribution in [3.8, 4) is 17.1 Å². The van der Waals surface area contributed by atoms with Crippen molar-refractivity contribution in [1.82, 2.24) is 24.8 Å². The highest BCUT2D eigenvalue weighted by Crippen LogP contribution is 2.40. The number of ether oxygens (including phenoxy) is 2. The quantitative estimate of drug-likeness (QED) is 0.532. The molecular weight excluding hydrogens is 468 g/mol. The van der Waals surface area contributed by atoms with E-state index >= 15 is 0 Å². The molecule has 37 heavy (non-hydrogen) atoms. The van der Waals surface area contributed by atoms with Crippen LogP contribution in [0.25, 0.3) is 22.3 Å². The van der Waals surface area contributed by atoms with Crippen LogP contribution in [0.4, 0.5) is 5.69 Å². The normalized spacial score (nSPS) is 23.8. The fourth-order valence-corrected chi connectivity index (χ4v) is 5.74. The van der Waals surface area contributed by atoms with Gasteiger partial charge in [0.1, 0.15) is 11.6 Å². The Morgan fingerprint density at radius 1 is 1.08 bits per heavy atom. The number of piperazine rings is 1. The standard InChI is InChI=1S/C28H34N6O3/c1-18(20-12-26(35)29-14-20)37-28-27-25(30-17-34(27)22-6-7-22)13-24(31-28)19-2-4-21(5-3-19)32-8-10-33(11-9-32)23-15-36-16-23/h2-5,13,17-18,20,22-23H,6-12,14-16H2,1H3,(H,29,35)/t18-,20?/m1/s1. The molecule has 1 saturated carbocycles. The van der Waals surface area contributed by atoms with Gasteiger partial charge in [0.15, 0.2) is 0 Å². The van der Waals surface area contributed by atoms with Crippen LogP contribution in [0.3, 0.4) is 0 Å². The van der Waals surface area contributed by atoms with Crippen LogP contribution in [-0.2, 0) is 9.53 Å². The van der Waals surface area contributed by atoms with E-state index in [1.807, 2.05) is 13.3 Å². The summed E-state index contributed by atoms with van der Waals surface area (Å²) in [6.45, 7) is 8.68. The molecule has 194 valence electrons. The molecule has 2 aromatic heterocycles. The predicted octanol–water partition coefficient (Wildman–Crippen LogP) is 2.86. The van der Waals surface area contributed by atoms with Crippen LogP contribution in [0.2, 0.25) is 0 Å². The molecule has 0 bridgehead atoms. The van der Waals surface area contributed by atoms with E-state index in [0.29, 0.717) is 30.9 Å². The zero-order chi connectivity index (χ0) is 24.9. The predicted molar refractivity (Wildman–Crippen MR) is 141 cm³/mol. The van der Waals surface area contributed by atoms with Crippen molar-refractivity contribution < 1.29 is 14.3 Å². The lowest BCUT2D eigenvalue weighted by molar-refractivity contribution is -0.119. The SMILES string of the molecule is C[C@@H](Oc1nc(-c2ccc(N3CCN(C4COC4)CC3)cc2)cc2ncn(C3CC3)c12)C1CNC(=O)C1. The number of pyridine rings is 1. The third kappa shape index (κ3) is 4.44. The lowest BCUT2D eigenvalue weighted by Gasteiger charge is -2.43. The van der Waals surface area contributed by atoms with E-state index in [1.54, 1.807) is 0 Å². The van der Waals surface area contributed by atoms with Crippen LogP contribution in [0, 0.1) is 5.92 Å². The van der Waals surface area contributed by atoms with Crippen LogP contribution in [0.5, 0.6) is 5.88 Å². The van der Waals surface area contributed by atoms with Crippen LogP contribution in [0.15, 0.2) is 36.7 Å². The van der Waals surface area contributed by atoms with Crippen LogP contribution in [-0.4, -0.2) is 83.4 Å². The largest absolute Gasteiger partial charge is 0.473 e. The minimum atomic E-state index is -0.125. The molecule has 1 aliphatic carbocycles. The number of anilines is 1. The van der Waals surface area contributed by atoms with E-state index in [0.717, 1.165) is 74.5 Å². The number of carbonyl (C=O) groups is 1. The summed E-state index contributed by atoms with van der Waals surface area (Å²) < 4.78 is 14.1. The Morgan fingerprint density at radius 3 is 2.51 bits per heavy atom. The summed E-state index contributed by atoms with van der Waals surface area (Å²) in [5.74, 6) is 0.847. The first-order valence-corrected chi connectivity index (χ1v) is 13.6. The van der Waals surface area contributed by atoms with Crippen molar-refractivity contribution in [1.29, 1.82) is 0 Å². The number of fused-ring (bicyclic) bond motifs is 1. The number of nitrogens with zero attached hydrogens (tertiary/aromatic N) is 5. The molecule has 1 N–H and O–H groups in total. The van der Waals surface area contributed by atoms with Crippen molar-refractivity contribution in [3.63, 3.8) is 0 Å². The molecule has 4 fully saturated rings. The van der Waals surface area contributed by atoms with Gasteiger partial charge in [-0.3, -0.25) is 9.69 Å². The molecule has 9 heteroatoms. The maximum absolute atomic E-state index is 11.8. The third-order valence-corrected chi connectivity index (χ3v) is 8.41. The molecule has 3 aromatic rings. The zero-order valence-electron chi connectivity index (χ0n) is 21.3. The molecule has 1 unspecified atom stereocenters. The van der Waals surface area contributed by atoms with Gasteiger partial charge >= 0.3 is 0 Å². The summed E-state index contributed by atoms with van der Waals surface area (Å²) in [5, 5.41) is 2.92. The minimum Gasteiger partial charge on any atom is -0.473 e. The highest BCUT2D eigenvalue weighted by Gasteiger charge is 2.32.